The highest BCUT2D eigenvalue weighted by molar-refractivity contribution is 7.61. The number of nitrogens with zero attached hydrogens (tertiary/aromatic N) is 2. The van der Waals surface area contributed by atoms with E-state index in [1.54, 1.807) is 24.3 Å². The smallest absolute Gasteiger partial charge is 0.321 e. The predicted octanol–water partition coefficient (Wildman–Crippen LogP) is 1.09. The molecule has 1 heterocycles. The van der Waals surface area contributed by atoms with E-state index in [4.69, 9.17) is 0 Å². The molecule has 0 aliphatic carbocycles. The van der Waals surface area contributed by atoms with Crippen molar-refractivity contribution in [3.63, 3.8) is 0 Å². The average Bonchev–Trinajstić information content (AvgIpc) is 2.28. The predicted molar refractivity (Wildman–Crippen MR) is 56.0 cm³/mol. The van der Waals surface area contributed by atoms with E-state index in [0.29, 0.717) is 10.9 Å². The van der Waals surface area contributed by atoms with Crippen LogP contribution in [0.3, 0.4) is 0 Å². The summed E-state index contributed by atoms with van der Waals surface area (Å²) >= 11 is 0. The molecular formula is C9H9N2O3P. The fraction of sp³-hybridized carbons (Fsp3) is 0.111. The van der Waals surface area contributed by atoms with E-state index in [1.165, 1.54) is 13.3 Å². The van der Waals surface area contributed by atoms with Gasteiger partial charge in [0.25, 0.3) is 0 Å². The zero-order chi connectivity index (χ0) is 10.9. The van der Waals surface area contributed by atoms with Gasteiger partial charge in [-0.25, -0.2) is 0 Å². The Hall–Kier alpha value is -1.29. The molecule has 0 bridgehead atoms. The zero-order valence-electron chi connectivity index (χ0n) is 7.99. The summed E-state index contributed by atoms with van der Waals surface area (Å²) in [5.41, 5.74) is 0.571. The van der Waals surface area contributed by atoms with Gasteiger partial charge < -0.3 is 9.42 Å². The Labute approximate surface area is 86.3 Å². The first-order chi connectivity index (χ1) is 7.15. The number of rotatable bonds is 2. The van der Waals surface area contributed by atoms with Crippen LogP contribution in [0.4, 0.5) is 0 Å². The SMILES string of the molecule is COP(=O)(O)c1cnnc2ccccc12. The molecule has 0 saturated carbocycles. The molecule has 15 heavy (non-hydrogen) atoms. The van der Waals surface area contributed by atoms with Gasteiger partial charge in [-0.05, 0) is 6.07 Å². The highest BCUT2D eigenvalue weighted by Crippen LogP contribution is 2.40. The summed E-state index contributed by atoms with van der Waals surface area (Å²) in [4.78, 5) is 9.56. The minimum absolute atomic E-state index is 0.176. The largest absolute Gasteiger partial charge is 0.360 e. The summed E-state index contributed by atoms with van der Waals surface area (Å²) < 4.78 is 16.2. The van der Waals surface area contributed by atoms with E-state index < -0.39 is 7.60 Å². The topological polar surface area (TPSA) is 72.3 Å². The Morgan fingerprint density at radius 1 is 1.40 bits per heavy atom. The lowest BCUT2D eigenvalue weighted by atomic mass is 10.2. The van der Waals surface area contributed by atoms with Gasteiger partial charge in [-0.3, -0.25) is 4.57 Å². The highest BCUT2D eigenvalue weighted by Gasteiger charge is 2.24. The lowest BCUT2D eigenvalue weighted by molar-refractivity contribution is 0.328. The van der Waals surface area contributed by atoms with Crippen LogP contribution in [0.2, 0.25) is 0 Å². The third-order valence-corrected chi connectivity index (χ3v) is 3.54. The molecule has 0 spiro atoms. The van der Waals surface area contributed by atoms with E-state index >= 15 is 0 Å². The first kappa shape index (κ1) is 10.2. The summed E-state index contributed by atoms with van der Waals surface area (Å²) in [6.45, 7) is 0. The summed E-state index contributed by atoms with van der Waals surface area (Å²) in [7, 11) is -2.58. The van der Waals surface area contributed by atoms with Crippen molar-refractivity contribution in [1.82, 2.24) is 10.2 Å². The van der Waals surface area contributed by atoms with E-state index in [-0.39, 0.29) is 5.30 Å². The third kappa shape index (κ3) is 1.77. The Morgan fingerprint density at radius 3 is 2.87 bits per heavy atom. The lowest BCUT2D eigenvalue weighted by Crippen LogP contribution is -2.09. The maximum atomic E-state index is 11.7. The minimum Gasteiger partial charge on any atom is -0.321 e. The molecule has 0 aliphatic heterocycles. The van der Waals surface area contributed by atoms with Crippen LogP contribution in [0.25, 0.3) is 10.9 Å². The molecule has 1 N–H and O–H groups in total. The number of hydrogen-bond donors (Lipinski definition) is 1. The van der Waals surface area contributed by atoms with Crippen LogP contribution in [-0.2, 0) is 9.09 Å². The van der Waals surface area contributed by atoms with Gasteiger partial charge in [0.1, 0.15) is 0 Å². The summed E-state index contributed by atoms with van der Waals surface area (Å²) in [5, 5.41) is 8.28. The van der Waals surface area contributed by atoms with E-state index in [2.05, 4.69) is 14.7 Å². The fourth-order valence-corrected chi connectivity index (χ4v) is 2.20. The maximum absolute atomic E-state index is 11.7. The zero-order valence-corrected chi connectivity index (χ0v) is 8.89. The first-order valence-corrected chi connectivity index (χ1v) is 5.82. The minimum atomic E-state index is -3.77. The van der Waals surface area contributed by atoms with Gasteiger partial charge in [0.05, 0.1) is 17.0 Å². The fourth-order valence-electron chi connectivity index (χ4n) is 1.32. The molecule has 0 aliphatic rings. The molecule has 2 rings (SSSR count). The average molecular weight is 224 g/mol. The molecule has 5 nitrogen and oxygen atoms in total. The Bertz CT molecular complexity index is 538. The molecule has 1 aromatic carbocycles. The van der Waals surface area contributed by atoms with Crippen molar-refractivity contribution >= 4 is 23.8 Å². The van der Waals surface area contributed by atoms with Crippen molar-refractivity contribution < 1.29 is 14.0 Å². The second kappa shape index (κ2) is 3.70. The van der Waals surface area contributed by atoms with E-state index in [1.807, 2.05) is 0 Å². The van der Waals surface area contributed by atoms with Gasteiger partial charge >= 0.3 is 7.60 Å². The molecule has 6 heteroatoms. The number of aromatic nitrogens is 2. The Morgan fingerprint density at radius 2 is 2.13 bits per heavy atom. The van der Waals surface area contributed by atoms with Crippen LogP contribution in [0, 0.1) is 0 Å². The summed E-state index contributed by atoms with van der Waals surface area (Å²) in [6, 6.07) is 6.99. The van der Waals surface area contributed by atoms with Crippen LogP contribution < -0.4 is 5.30 Å². The number of hydrogen-bond acceptors (Lipinski definition) is 4. The van der Waals surface area contributed by atoms with Gasteiger partial charge in [0, 0.05) is 12.5 Å². The van der Waals surface area contributed by atoms with Gasteiger partial charge in [-0.15, -0.1) is 0 Å². The molecule has 1 atom stereocenters. The quantitative estimate of drug-likeness (QED) is 0.773. The van der Waals surface area contributed by atoms with E-state index in [0.717, 1.165) is 0 Å². The molecule has 0 fully saturated rings. The number of fused-ring (bicyclic) bond motifs is 1. The van der Waals surface area contributed by atoms with Crippen LogP contribution >= 0.6 is 7.60 Å². The second-order valence-electron chi connectivity index (χ2n) is 2.95. The van der Waals surface area contributed by atoms with E-state index in [9.17, 15) is 9.46 Å². The molecule has 0 radical (unpaired) electrons. The van der Waals surface area contributed by atoms with Crippen molar-refractivity contribution in [2.75, 3.05) is 7.11 Å². The first-order valence-electron chi connectivity index (χ1n) is 4.24. The van der Waals surface area contributed by atoms with Crippen molar-refractivity contribution in [1.29, 1.82) is 0 Å². The molecule has 78 valence electrons. The van der Waals surface area contributed by atoms with Crippen LogP contribution in [0.1, 0.15) is 0 Å². The molecule has 0 amide bonds. The third-order valence-electron chi connectivity index (χ3n) is 2.08. The van der Waals surface area contributed by atoms with Gasteiger partial charge in [0.15, 0.2) is 0 Å². The van der Waals surface area contributed by atoms with Crippen LogP contribution in [0.15, 0.2) is 30.5 Å². The molecule has 2 aromatic rings. The molecule has 0 saturated heterocycles. The summed E-state index contributed by atoms with van der Waals surface area (Å²) in [6.07, 6.45) is 1.26. The van der Waals surface area contributed by atoms with Gasteiger partial charge in [0.2, 0.25) is 0 Å². The van der Waals surface area contributed by atoms with Crippen molar-refractivity contribution in [2.24, 2.45) is 0 Å². The van der Waals surface area contributed by atoms with Crippen molar-refractivity contribution in [3.05, 3.63) is 30.5 Å². The maximum Gasteiger partial charge on any atom is 0.360 e. The van der Waals surface area contributed by atoms with Crippen molar-refractivity contribution in [3.8, 4) is 0 Å². The van der Waals surface area contributed by atoms with Gasteiger partial charge in [-0.2, -0.15) is 10.2 Å². The molecule has 1 aromatic heterocycles. The standard InChI is InChI=1S/C9H9N2O3P/c1-14-15(12,13)9-6-10-11-8-5-3-2-4-7(8)9/h2-6H,1H3,(H,12,13). The number of benzene rings is 1. The summed E-state index contributed by atoms with van der Waals surface area (Å²) in [5.74, 6) is 0. The Kier molecular flexibility index (Phi) is 2.52. The molecular weight excluding hydrogens is 215 g/mol. The van der Waals surface area contributed by atoms with Gasteiger partial charge in [-0.1, -0.05) is 18.2 Å². The normalized spacial score (nSPS) is 15.1. The Balaban J connectivity index is 2.77. The van der Waals surface area contributed by atoms with Crippen molar-refractivity contribution in [2.45, 2.75) is 0 Å². The molecule has 1 unspecified atom stereocenters. The second-order valence-corrected chi connectivity index (χ2v) is 4.84. The monoisotopic (exact) mass is 224 g/mol. The highest BCUT2D eigenvalue weighted by atomic mass is 31.2. The lowest BCUT2D eigenvalue weighted by Gasteiger charge is -2.09. The van der Waals surface area contributed by atoms with Crippen LogP contribution in [0.5, 0.6) is 0 Å². The van der Waals surface area contributed by atoms with Crippen LogP contribution in [-0.4, -0.2) is 22.2 Å².